The van der Waals surface area contributed by atoms with Crippen LogP contribution in [0.2, 0.25) is 0 Å². The summed E-state index contributed by atoms with van der Waals surface area (Å²) in [4.78, 5) is 3.87. The van der Waals surface area contributed by atoms with Crippen molar-refractivity contribution in [3.05, 3.63) is 18.5 Å². The van der Waals surface area contributed by atoms with E-state index in [9.17, 15) is 0 Å². The van der Waals surface area contributed by atoms with Gasteiger partial charge in [0.2, 0.25) is 0 Å². The molecule has 5 heteroatoms. The Bertz CT molecular complexity index is 328. The van der Waals surface area contributed by atoms with E-state index in [4.69, 9.17) is 14.8 Å². The number of ether oxygens (including phenoxy) is 1. The molecule has 15 heavy (non-hydrogen) atoms. The van der Waals surface area contributed by atoms with Gasteiger partial charge in [-0.2, -0.15) is 0 Å². The molecule has 0 bridgehead atoms. The molecule has 1 aromatic heterocycles. The Morgan fingerprint density at radius 3 is 2.87 bits per heavy atom. The normalized spacial score (nSPS) is 15.1. The van der Waals surface area contributed by atoms with Crippen LogP contribution in [0.5, 0.6) is 5.75 Å². The summed E-state index contributed by atoms with van der Waals surface area (Å²) in [5, 5.41) is 17.9. The fourth-order valence-electron chi connectivity index (χ4n) is 1.41. The number of nitrogens with zero attached hydrogens (tertiary/aromatic N) is 1. The van der Waals surface area contributed by atoms with Crippen LogP contribution in [0.4, 0.5) is 0 Å². The van der Waals surface area contributed by atoms with Gasteiger partial charge in [-0.25, -0.2) is 0 Å². The second-order valence-electron chi connectivity index (χ2n) is 3.91. The highest BCUT2D eigenvalue weighted by Gasteiger charge is 2.20. The van der Waals surface area contributed by atoms with Crippen molar-refractivity contribution in [2.75, 3.05) is 6.61 Å². The molecule has 2 rings (SSSR count). The lowest BCUT2D eigenvalue weighted by Gasteiger charge is -2.06. The van der Waals surface area contributed by atoms with Crippen LogP contribution in [-0.4, -0.2) is 28.8 Å². The molecule has 0 atom stereocenters. The Labute approximate surface area is 89.1 Å². The van der Waals surface area contributed by atoms with Gasteiger partial charge in [0.25, 0.3) is 0 Å². The average Bonchev–Trinajstić information content (AvgIpc) is 3.02. The van der Waals surface area contributed by atoms with Gasteiger partial charge in [0.15, 0.2) is 0 Å². The molecule has 1 aliphatic rings. The second-order valence-corrected chi connectivity index (χ2v) is 3.91. The zero-order valence-corrected chi connectivity index (χ0v) is 8.47. The molecule has 0 amide bonds. The molecule has 1 aromatic rings. The third-order valence-electron chi connectivity index (χ3n) is 2.52. The predicted octanol–water partition coefficient (Wildman–Crippen LogP) is -0.0597. The summed E-state index contributed by atoms with van der Waals surface area (Å²) >= 11 is 0. The van der Waals surface area contributed by atoms with Crippen molar-refractivity contribution in [3.8, 4) is 5.75 Å². The minimum atomic E-state index is -1.48. The van der Waals surface area contributed by atoms with Gasteiger partial charge in [-0.1, -0.05) is 12.8 Å². The number of pyridine rings is 1. The first-order valence-corrected chi connectivity index (χ1v) is 5.19. The van der Waals surface area contributed by atoms with Crippen LogP contribution in [0.1, 0.15) is 19.3 Å². The van der Waals surface area contributed by atoms with Crippen LogP contribution in [0, 0.1) is 5.92 Å². The minimum absolute atomic E-state index is 0.360. The van der Waals surface area contributed by atoms with Gasteiger partial charge >= 0.3 is 7.12 Å². The number of rotatable bonds is 5. The van der Waals surface area contributed by atoms with Crippen molar-refractivity contribution in [1.82, 2.24) is 4.98 Å². The fraction of sp³-hybridized carbons (Fsp3) is 0.500. The molecular formula is C10H14BNO3. The molecule has 1 heterocycles. The molecule has 80 valence electrons. The maximum Gasteiger partial charge on any atom is 0.490 e. The first-order chi connectivity index (χ1) is 7.25. The number of hydrogen-bond donors (Lipinski definition) is 2. The van der Waals surface area contributed by atoms with Crippen molar-refractivity contribution >= 4 is 12.6 Å². The molecule has 1 aliphatic carbocycles. The van der Waals surface area contributed by atoms with Crippen molar-refractivity contribution in [2.24, 2.45) is 5.92 Å². The molecule has 1 saturated carbocycles. The van der Waals surface area contributed by atoms with Crippen LogP contribution >= 0.6 is 0 Å². The highest BCUT2D eigenvalue weighted by molar-refractivity contribution is 6.58. The summed E-state index contributed by atoms with van der Waals surface area (Å²) in [6.07, 6.45) is 6.71. The summed E-state index contributed by atoms with van der Waals surface area (Å²) in [6.45, 7) is 0.678. The highest BCUT2D eigenvalue weighted by Crippen LogP contribution is 2.32. The molecule has 0 saturated heterocycles. The summed E-state index contributed by atoms with van der Waals surface area (Å²) < 4.78 is 5.46. The van der Waals surface area contributed by atoms with E-state index in [2.05, 4.69) is 4.98 Å². The smallest absolute Gasteiger partial charge is 0.490 e. The summed E-state index contributed by atoms with van der Waals surface area (Å²) in [5.41, 5.74) is 0.360. The molecule has 2 N–H and O–H groups in total. The van der Waals surface area contributed by atoms with Crippen molar-refractivity contribution < 1.29 is 14.8 Å². The molecular weight excluding hydrogens is 193 g/mol. The number of hydrogen-bond acceptors (Lipinski definition) is 4. The number of aromatic nitrogens is 1. The predicted molar refractivity (Wildman–Crippen MR) is 56.9 cm³/mol. The molecule has 0 aromatic carbocycles. The van der Waals surface area contributed by atoms with Crippen LogP contribution in [0.25, 0.3) is 0 Å². The van der Waals surface area contributed by atoms with E-state index in [1.807, 2.05) is 0 Å². The fourth-order valence-corrected chi connectivity index (χ4v) is 1.41. The van der Waals surface area contributed by atoms with Crippen molar-refractivity contribution in [2.45, 2.75) is 19.3 Å². The molecule has 0 radical (unpaired) electrons. The van der Waals surface area contributed by atoms with Crippen LogP contribution in [0.15, 0.2) is 18.5 Å². The Hall–Kier alpha value is -1.07. The molecule has 0 spiro atoms. The van der Waals surface area contributed by atoms with Gasteiger partial charge in [-0.05, 0) is 18.4 Å². The van der Waals surface area contributed by atoms with Gasteiger partial charge in [-0.3, -0.25) is 4.98 Å². The lowest BCUT2D eigenvalue weighted by atomic mass is 9.82. The standard InChI is InChI=1S/C10H14BNO3/c13-11(14)9-5-10(7-12-6-9)15-4-3-8-1-2-8/h5-8,13-14H,1-4H2. The summed E-state index contributed by atoms with van der Waals surface area (Å²) in [7, 11) is -1.48. The molecule has 4 nitrogen and oxygen atoms in total. The maximum absolute atomic E-state index is 8.93. The third-order valence-corrected chi connectivity index (χ3v) is 2.52. The largest absolute Gasteiger partial charge is 0.492 e. The quantitative estimate of drug-likeness (QED) is 0.664. The zero-order chi connectivity index (χ0) is 10.7. The van der Waals surface area contributed by atoms with E-state index in [0.29, 0.717) is 17.8 Å². The van der Waals surface area contributed by atoms with Crippen molar-refractivity contribution in [1.29, 1.82) is 0 Å². The van der Waals surface area contributed by atoms with E-state index in [1.165, 1.54) is 19.0 Å². The average molecular weight is 207 g/mol. The lowest BCUT2D eigenvalue weighted by Crippen LogP contribution is -2.30. The Kier molecular flexibility index (Phi) is 3.23. The van der Waals surface area contributed by atoms with Crippen LogP contribution in [-0.2, 0) is 0 Å². The van der Waals surface area contributed by atoms with Gasteiger partial charge in [0.05, 0.1) is 12.8 Å². The van der Waals surface area contributed by atoms with Gasteiger partial charge in [0.1, 0.15) is 5.75 Å². The van der Waals surface area contributed by atoms with Crippen LogP contribution < -0.4 is 10.2 Å². The van der Waals surface area contributed by atoms with E-state index in [-0.39, 0.29) is 0 Å². The topological polar surface area (TPSA) is 62.6 Å². The molecule has 0 unspecified atom stereocenters. The molecule has 0 aliphatic heterocycles. The Morgan fingerprint density at radius 2 is 2.20 bits per heavy atom. The summed E-state index contributed by atoms with van der Waals surface area (Å²) in [5.74, 6) is 1.44. The van der Waals surface area contributed by atoms with E-state index in [1.54, 1.807) is 12.3 Å². The van der Waals surface area contributed by atoms with Gasteiger partial charge < -0.3 is 14.8 Å². The van der Waals surface area contributed by atoms with E-state index in [0.717, 1.165) is 12.3 Å². The van der Waals surface area contributed by atoms with Gasteiger partial charge in [-0.15, -0.1) is 0 Å². The third kappa shape index (κ3) is 3.21. The molecule has 1 fully saturated rings. The highest BCUT2D eigenvalue weighted by atomic mass is 16.5. The zero-order valence-electron chi connectivity index (χ0n) is 8.47. The SMILES string of the molecule is OB(O)c1cncc(OCCC2CC2)c1. The Morgan fingerprint density at radius 1 is 1.40 bits per heavy atom. The Balaban J connectivity index is 1.86. The first-order valence-electron chi connectivity index (χ1n) is 5.19. The monoisotopic (exact) mass is 207 g/mol. The van der Waals surface area contributed by atoms with E-state index >= 15 is 0 Å². The van der Waals surface area contributed by atoms with Gasteiger partial charge in [0, 0.05) is 11.7 Å². The minimum Gasteiger partial charge on any atom is -0.492 e. The van der Waals surface area contributed by atoms with E-state index < -0.39 is 7.12 Å². The van der Waals surface area contributed by atoms with Crippen molar-refractivity contribution in [3.63, 3.8) is 0 Å². The van der Waals surface area contributed by atoms with Crippen LogP contribution in [0.3, 0.4) is 0 Å². The first kappa shape index (κ1) is 10.5. The lowest BCUT2D eigenvalue weighted by molar-refractivity contribution is 0.301. The summed E-state index contributed by atoms with van der Waals surface area (Å²) in [6, 6.07) is 1.60. The second kappa shape index (κ2) is 4.64. The maximum atomic E-state index is 8.93.